The van der Waals surface area contributed by atoms with Gasteiger partial charge in [0.2, 0.25) is 5.91 Å². The number of carbonyl (C=O) groups is 2. The Balaban J connectivity index is 1.90. The van der Waals surface area contributed by atoms with Gasteiger partial charge >= 0.3 is 5.97 Å². The van der Waals surface area contributed by atoms with E-state index in [0.717, 1.165) is 16.9 Å². The van der Waals surface area contributed by atoms with Crippen molar-refractivity contribution in [1.29, 1.82) is 0 Å². The number of methoxy groups -OCH3 is 1. The van der Waals surface area contributed by atoms with Crippen molar-refractivity contribution in [2.45, 2.75) is 19.3 Å². The predicted octanol–water partition coefficient (Wildman–Crippen LogP) is 2.86. The molecule has 24 heavy (non-hydrogen) atoms. The Kier molecular flexibility index (Phi) is 5.95. The molecule has 0 aliphatic carbocycles. The zero-order valence-electron chi connectivity index (χ0n) is 13.8. The van der Waals surface area contributed by atoms with Crippen molar-refractivity contribution in [3.8, 4) is 5.75 Å². The number of hydrogen-bond acceptors (Lipinski definition) is 3. The van der Waals surface area contributed by atoms with Crippen molar-refractivity contribution in [3.05, 3.63) is 65.2 Å². The van der Waals surface area contributed by atoms with Gasteiger partial charge in [0.15, 0.2) is 0 Å². The quantitative estimate of drug-likeness (QED) is 0.820. The van der Waals surface area contributed by atoms with Crippen molar-refractivity contribution in [2.24, 2.45) is 0 Å². The third-order valence-corrected chi connectivity index (χ3v) is 3.87. The monoisotopic (exact) mass is 327 g/mol. The van der Waals surface area contributed by atoms with Gasteiger partial charge in [0.1, 0.15) is 5.75 Å². The highest BCUT2D eigenvalue weighted by molar-refractivity contribution is 5.87. The summed E-state index contributed by atoms with van der Waals surface area (Å²) in [4.78, 5) is 23.2. The largest absolute Gasteiger partial charge is 0.497 e. The summed E-state index contributed by atoms with van der Waals surface area (Å²) in [7, 11) is 1.59. The molecule has 0 saturated carbocycles. The summed E-state index contributed by atoms with van der Waals surface area (Å²) >= 11 is 0. The van der Waals surface area contributed by atoms with Crippen molar-refractivity contribution in [1.82, 2.24) is 5.32 Å². The summed E-state index contributed by atoms with van der Waals surface area (Å²) in [5, 5.41) is 11.9. The average Bonchev–Trinajstić information content (AvgIpc) is 2.61. The van der Waals surface area contributed by atoms with Crippen LogP contribution >= 0.6 is 0 Å². The minimum Gasteiger partial charge on any atom is -0.497 e. The predicted molar refractivity (Wildman–Crippen MR) is 91.5 cm³/mol. The number of carboxylic acid groups (broad SMARTS) is 1. The zero-order valence-corrected chi connectivity index (χ0v) is 13.8. The molecular formula is C19H21NO4. The Bertz CT molecular complexity index is 727. The Morgan fingerprint density at radius 3 is 2.62 bits per heavy atom. The van der Waals surface area contributed by atoms with Gasteiger partial charge in [-0.3, -0.25) is 4.79 Å². The highest BCUT2D eigenvalue weighted by Gasteiger charge is 2.15. The number of carboxylic acids is 1. The van der Waals surface area contributed by atoms with E-state index in [9.17, 15) is 9.59 Å². The fourth-order valence-electron chi connectivity index (χ4n) is 2.41. The van der Waals surface area contributed by atoms with Crippen molar-refractivity contribution in [2.75, 3.05) is 13.7 Å². The van der Waals surface area contributed by atoms with Crippen LogP contribution in [-0.2, 0) is 11.2 Å². The molecule has 2 rings (SSSR count). The van der Waals surface area contributed by atoms with Gasteiger partial charge in [-0.25, -0.2) is 4.79 Å². The number of hydrogen-bond donors (Lipinski definition) is 2. The summed E-state index contributed by atoms with van der Waals surface area (Å²) in [6.07, 6.45) is 0.581. The molecule has 0 fully saturated rings. The van der Waals surface area contributed by atoms with Crippen LogP contribution in [0.2, 0.25) is 0 Å². The van der Waals surface area contributed by atoms with Crippen LogP contribution in [-0.4, -0.2) is 30.6 Å². The Morgan fingerprint density at radius 2 is 1.92 bits per heavy atom. The number of aromatic carboxylic acids is 1. The molecule has 0 radical (unpaired) electrons. The highest BCUT2D eigenvalue weighted by atomic mass is 16.5. The molecule has 2 aromatic carbocycles. The fourth-order valence-corrected chi connectivity index (χ4v) is 2.41. The van der Waals surface area contributed by atoms with E-state index in [1.165, 1.54) is 0 Å². The maximum Gasteiger partial charge on any atom is 0.335 e. The molecular weight excluding hydrogens is 306 g/mol. The van der Waals surface area contributed by atoms with Crippen LogP contribution in [0.15, 0.2) is 48.5 Å². The van der Waals surface area contributed by atoms with E-state index in [-0.39, 0.29) is 17.4 Å². The summed E-state index contributed by atoms with van der Waals surface area (Å²) in [5.74, 6) is -0.590. The van der Waals surface area contributed by atoms with E-state index >= 15 is 0 Å². The zero-order chi connectivity index (χ0) is 17.5. The van der Waals surface area contributed by atoms with Crippen LogP contribution in [0.4, 0.5) is 0 Å². The Morgan fingerprint density at radius 1 is 1.17 bits per heavy atom. The maximum atomic E-state index is 12.3. The molecule has 1 atom stereocenters. The first kappa shape index (κ1) is 17.5. The lowest BCUT2D eigenvalue weighted by Crippen LogP contribution is -2.29. The van der Waals surface area contributed by atoms with Crippen LogP contribution in [0.25, 0.3) is 0 Å². The van der Waals surface area contributed by atoms with Crippen LogP contribution in [0, 0.1) is 0 Å². The topological polar surface area (TPSA) is 75.6 Å². The molecule has 5 nitrogen and oxygen atoms in total. The first-order valence-electron chi connectivity index (χ1n) is 7.75. The van der Waals surface area contributed by atoms with Crippen LogP contribution in [0.1, 0.15) is 34.3 Å². The highest BCUT2D eigenvalue weighted by Crippen LogP contribution is 2.20. The number of rotatable bonds is 7. The average molecular weight is 327 g/mol. The molecule has 0 aliphatic rings. The molecule has 0 bridgehead atoms. The number of amides is 1. The summed E-state index contributed by atoms with van der Waals surface area (Å²) in [5.41, 5.74) is 2.02. The molecule has 5 heteroatoms. The lowest BCUT2D eigenvalue weighted by Gasteiger charge is -2.13. The molecule has 126 valence electrons. The van der Waals surface area contributed by atoms with Crippen LogP contribution < -0.4 is 10.1 Å². The second-order valence-electron chi connectivity index (χ2n) is 5.54. The van der Waals surface area contributed by atoms with Gasteiger partial charge in [-0.1, -0.05) is 24.3 Å². The van der Waals surface area contributed by atoms with E-state index in [4.69, 9.17) is 9.84 Å². The molecule has 0 saturated heterocycles. The second kappa shape index (κ2) is 8.15. The minimum absolute atomic E-state index is 0.0716. The lowest BCUT2D eigenvalue weighted by atomic mass is 10.00. The van der Waals surface area contributed by atoms with Crippen LogP contribution in [0.5, 0.6) is 5.75 Å². The molecule has 0 heterocycles. The summed E-state index contributed by atoms with van der Waals surface area (Å²) < 4.78 is 5.17. The number of ether oxygens (including phenoxy) is 1. The van der Waals surface area contributed by atoms with Gasteiger partial charge in [0.25, 0.3) is 0 Å². The van der Waals surface area contributed by atoms with E-state index < -0.39 is 5.97 Å². The third kappa shape index (κ3) is 4.59. The van der Waals surface area contributed by atoms with Gasteiger partial charge in [0.05, 0.1) is 18.6 Å². The van der Waals surface area contributed by atoms with E-state index in [2.05, 4.69) is 5.32 Å². The first-order valence-corrected chi connectivity index (χ1v) is 7.75. The first-order chi connectivity index (χ1) is 11.5. The van der Waals surface area contributed by atoms with E-state index in [1.807, 2.05) is 37.3 Å². The van der Waals surface area contributed by atoms with Gasteiger partial charge < -0.3 is 15.2 Å². The molecule has 2 aromatic rings. The van der Waals surface area contributed by atoms with Crippen molar-refractivity contribution >= 4 is 11.9 Å². The van der Waals surface area contributed by atoms with Gasteiger partial charge in [-0.05, 0) is 48.7 Å². The maximum absolute atomic E-state index is 12.3. The Labute approximate surface area is 141 Å². The smallest absolute Gasteiger partial charge is 0.335 e. The number of carbonyl (C=O) groups excluding carboxylic acids is 1. The Hall–Kier alpha value is -2.82. The molecule has 2 N–H and O–H groups in total. The normalized spacial score (nSPS) is 11.6. The molecule has 0 aliphatic heterocycles. The standard InChI is InChI=1S/C19H21NO4/c1-13(15-6-4-8-17(12-15)24-2)18(21)20-10-9-14-5-3-7-16(11-14)19(22)23/h3-8,11-13H,9-10H2,1-2H3,(H,20,21)(H,22,23). The van der Waals surface area contributed by atoms with E-state index in [0.29, 0.717) is 13.0 Å². The third-order valence-electron chi connectivity index (χ3n) is 3.87. The number of nitrogens with one attached hydrogen (secondary N) is 1. The van der Waals surface area contributed by atoms with Gasteiger partial charge in [-0.2, -0.15) is 0 Å². The SMILES string of the molecule is COc1cccc(C(C)C(=O)NCCc2cccc(C(=O)O)c2)c1. The van der Waals surface area contributed by atoms with Crippen molar-refractivity contribution in [3.63, 3.8) is 0 Å². The molecule has 1 amide bonds. The summed E-state index contributed by atoms with van der Waals surface area (Å²) in [6.45, 7) is 2.30. The fraction of sp³-hybridized carbons (Fsp3) is 0.263. The number of benzene rings is 2. The molecule has 1 unspecified atom stereocenters. The van der Waals surface area contributed by atoms with Crippen molar-refractivity contribution < 1.29 is 19.4 Å². The van der Waals surface area contributed by atoms with Gasteiger partial charge in [-0.15, -0.1) is 0 Å². The van der Waals surface area contributed by atoms with Gasteiger partial charge in [0, 0.05) is 6.54 Å². The minimum atomic E-state index is -0.951. The molecule has 0 aromatic heterocycles. The lowest BCUT2D eigenvalue weighted by molar-refractivity contribution is -0.122. The van der Waals surface area contributed by atoms with E-state index in [1.54, 1.807) is 25.3 Å². The second-order valence-corrected chi connectivity index (χ2v) is 5.54. The molecule has 0 spiro atoms. The van der Waals surface area contributed by atoms with Crippen LogP contribution in [0.3, 0.4) is 0 Å². The summed E-state index contributed by atoms with van der Waals surface area (Å²) in [6, 6.07) is 14.2.